The Kier molecular flexibility index (Phi) is 7.04. The van der Waals surface area contributed by atoms with E-state index in [1.807, 2.05) is 45.0 Å². The van der Waals surface area contributed by atoms with Crippen LogP contribution in [0.1, 0.15) is 26.3 Å². The Labute approximate surface area is 120 Å². The van der Waals surface area contributed by atoms with Crippen LogP contribution in [0.5, 0.6) is 0 Å². The van der Waals surface area contributed by atoms with Gasteiger partial charge in [-0.05, 0) is 38.5 Å². The first-order chi connectivity index (χ1) is 9.56. The van der Waals surface area contributed by atoms with E-state index in [0.29, 0.717) is 19.7 Å². The van der Waals surface area contributed by atoms with Crippen LogP contribution in [0, 0.1) is 0 Å². The average molecular weight is 280 g/mol. The lowest BCUT2D eigenvalue weighted by Crippen LogP contribution is -2.36. The highest BCUT2D eigenvalue weighted by Crippen LogP contribution is 2.13. The number of nitrogens with one attached hydrogen (secondary N) is 1. The highest BCUT2D eigenvalue weighted by Gasteiger charge is 2.10. The molecule has 20 heavy (non-hydrogen) atoms. The predicted octanol–water partition coefficient (Wildman–Crippen LogP) is 2.46. The number of aliphatic hydroxyl groups excluding tert-OH is 1. The van der Waals surface area contributed by atoms with Gasteiger partial charge in [0.15, 0.2) is 0 Å². The first-order valence-electron chi connectivity index (χ1n) is 6.94. The minimum atomic E-state index is -0.205. The van der Waals surface area contributed by atoms with Gasteiger partial charge in [0, 0.05) is 18.8 Å². The molecule has 5 heteroatoms. The Hall–Kier alpha value is -1.59. The van der Waals surface area contributed by atoms with Gasteiger partial charge in [-0.3, -0.25) is 0 Å². The third-order valence-corrected chi connectivity index (χ3v) is 2.80. The Morgan fingerprint density at radius 1 is 1.45 bits per heavy atom. The number of hydrogen-bond donors (Lipinski definition) is 2. The molecule has 0 aliphatic heterocycles. The summed E-state index contributed by atoms with van der Waals surface area (Å²) in [5.41, 5.74) is 1.75. The van der Waals surface area contributed by atoms with Gasteiger partial charge in [-0.15, -0.1) is 0 Å². The quantitative estimate of drug-likeness (QED) is 0.806. The van der Waals surface area contributed by atoms with E-state index in [1.165, 1.54) is 0 Å². The van der Waals surface area contributed by atoms with Gasteiger partial charge in [0.25, 0.3) is 0 Å². The van der Waals surface area contributed by atoms with Crippen LogP contribution in [0.3, 0.4) is 0 Å². The number of rotatable bonds is 7. The van der Waals surface area contributed by atoms with Crippen molar-refractivity contribution < 1.29 is 14.6 Å². The second kappa shape index (κ2) is 8.55. The summed E-state index contributed by atoms with van der Waals surface area (Å²) >= 11 is 0. The Bertz CT molecular complexity index is 421. The van der Waals surface area contributed by atoms with Crippen molar-refractivity contribution in [2.24, 2.45) is 0 Å². The van der Waals surface area contributed by atoms with Crippen LogP contribution in [0.15, 0.2) is 24.3 Å². The van der Waals surface area contributed by atoms with Crippen molar-refractivity contribution in [2.75, 3.05) is 25.0 Å². The van der Waals surface area contributed by atoms with Gasteiger partial charge in [0.1, 0.15) is 0 Å². The van der Waals surface area contributed by atoms with Crippen LogP contribution in [0.4, 0.5) is 10.5 Å². The number of urea groups is 1. The molecule has 5 nitrogen and oxygen atoms in total. The number of aliphatic hydroxyl groups is 1. The van der Waals surface area contributed by atoms with E-state index < -0.39 is 0 Å². The molecule has 0 aliphatic rings. The first kappa shape index (κ1) is 16.5. The van der Waals surface area contributed by atoms with Crippen molar-refractivity contribution in [3.8, 4) is 0 Å². The second-order valence-corrected chi connectivity index (χ2v) is 4.79. The number of carbonyl (C=O) groups excluding carboxylic acids is 1. The van der Waals surface area contributed by atoms with Crippen molar-refractivity contribution in [1.82, 2.24) is 4.90 Å². The number of ether oxygens (including phenoxy) is 1. The van der Waals surface area contributed by atoms with Crippen molar-refractivity contribution in [3.05, 3.63) is 29.8 Å². The summed E-state index contributed by atoms with van der Waals surface area (Å²) in [5.74, 6) is 0. The maximum absolute atomic E-state index is 12.0. The third-order valence-electron chi connectivity index (χ3n) is 2.80. The average Bonchev–Trinajstić information content (AvgIpc) is 2.42. The van der Waals surface area contributed by atoms with Crippen LogP contribution in [-0.2, 0) is 11.3 Å². The lowest BCUT2D eigenvalue weighted by atomic mass is 10.2. The molecule has 1 rings (SSSR count). The zero-order valence-electron chi connectivity index (χ0n) is 12.4. The Balaban J connectivity index is 2.63. The van der Waals surface area contributed by atoms with Gasteiger partial charge in [0.05, 0.1) is 19.3 Å². The number of carbonyl (C=O) groups is 1. The molecule has 0 aromatic heterocycles. The van der Waals surface area contributed by atoms with Crippen LogP contribution in [-0.4, -0.2) is 41.8 Å². The fourth-order valence-electron chi connectivity index (χ4n) is 1.73. The summed E-state index contributed by atoms with van der Waals surface area (Å²) in [6.45, 7) is 7.22. The summed E-state index contributed by atoms with van der Waals surface area (Å²) in [6, 6.07) is 7.38. The minimum absolute atomic E-state index is 0.0382. The number of nitrogens with zero attached hydrogens (tertiary/aromatic N) is 1. The molecule has 0 bridgehead atoms. The zero-order valence-corrected chi connectivity index (χ0v) is 12.4. The van der Waals surface area contributed by atoms with Gasteiger partial charge < -0.3 is 20.1 Å². The third kappa shape index (κ3) is 5.59. The summed E-state index contributed by atoms with van der Waals surface area (Å²) in [6.07, 6.45) is 0.174. The molecule has 2 N–H and O–H groups in total. The van der Waals surface area contributed by atoms with E-state index in [0.717, 1.165) is 11.3 Å². The minimum Gasteiger partial charge on any atom is -0.395 e. The summed E-state index contributed by atoms with van der Waals surface area (Å²) in [7, 11) is 0. The summed E-state index contributed by atoms with van der Waals surface area (Å²) in [5, 5.41) is 11.7. The molecular formula is C15H24N2O3. The molecule has 0 radical (unpaired) electrons. The number of likely N-dealkylation sites (N-methyl/N-ethyl adjacent to an activating group) is 1. The van der Waals surface area contributed by atoms with Crippen molar-refractivity contribution >= 4 is 11.7 Å². The molecule has 0 saturated carbocycles. The molecule has 0 heterocycles. The van der Waals surface area contributed by atoms with Gasteiger partial charge in [-0.1, -0.05) is 12.1 Å². The number of hydrogen-bond acceptors (Lipinski definition) is 3. The topological polar surface area (TPSA) is 61.8 Å². The molecule has 112 valence electrons. The second-order valence-electron chi connectivity index (χ2n) is 4.79. The molecular weight excluding hydrogens is 256 g/mol. The van der Waals surface area contributed by atoms with Crippen molar-refractivity contribution in [3.63, 3.8) is 0 Å². The van der Waals surface area contributed by atoms with Gasteiger partial charge in [0.2, 0.25) is 0 Å². The monoisotopic (exact) mass is 280 g/mol. The first-order valence-corrected chi connectivity index (χ1v) is 6.94. The smallest absolute Gasteiger partial charge is 0.321 e. The lowest BCUT2D eigenvalue weighted by molar-refractivity contribution is 0.0657. The number of amides is 2. The van der Waals surface area contributed by atoms with E-state index in [1.54, 1.807) is 4.90 Å². The van der Waals surface area contributed by atoms with Crippen LogP contribution in [0.25, 0.3) is 0 Å². The number of benzene rings is 1. The maximum atomic E-state index is 12.0. The van der Waals surface area contributed by atoms with E-state index in [-0.39, 0.29) is 18.7 Å². The lowest BCUT2D eigenvalue weighted by Gasteiger charge is -2.20. The summed E-state index contributed by atoms with van der Waals surface area (Å²) < 4.78 is 5.54. The molecule has 0 aliphatic carbocycles. The normalized spacial score (nSPS) is 10.7. The van der Waals surface area contributed by atoms with Crippen LogP contribution >= 0.6 is 0 Å². The van der Waals surface area contributed by atoms with Gasteiger partial charge >= 0.3 is 6.03 Å². The van der Waals surface area contributed by atoms with E-state index in [4.69, 9.17) is 9.84 Å². The highest BCUT2D eigenvalue weighted by atomic mass is 16.5. The fraction of sp³-hybridized carbons (Fsp3) is 0.533. The Morgan fingerprint density at radius 3 is 2.80 bits per heavy atom. The number of anilines is 1. The molecule has 0 unspecified atom stereocenters. The van der Waals surface area contributed by atoms with Gasteiger partial charge in [-0.25, -0.2) is 4.79 Å². The highest BCUT2D eigenvalue weighted by molar-refractivity contribution is 5.89. The van der Waals surface area contributed by atoms with Crippen molar-refractivity contribution in [1.29, 1.82) is 0 Å². The van der Waals surface area contributed by atoms with Crippen LogP contribution < -0.4 is 5.32 Å². The SMILES string of the molecule is CCN(CCO)C(=O)Nc1cccc(COC(C)C)c1. The summed E-state index contributed by atoms with van der Waals surface area (Å²) in [4.78, 5) is 13.5. The largest absolute Gasteiger partial charge is 0.395 e. The molecule has 0 fully saturated rings. The van der Waals surface area contributed by atoms with E-state index in [9.17, 15) is 4.79 Å². The molecule has 2 amide bonds. The standard InChI is InChI=1S/C15H24N2O3/c1-4-17(8-9-18)15(19)16-14-7-5-6-13(10-14)11-20-12(2)3/h5-7,10,12,18H,4,8-9,11H2,1-3H3,(H,16,19). The predicted molar refractivity (Wildman–Crippen MR) is 79.7 cm³/mol. The molecule has 0 spiro atoms. The molecule has 1 aromatic rings. The van der Waals surface area contributed by atoms with Gasteiger partial charge in [-0.2, -0.15) is 0 Å². The van der Waals surface area contributed by atoms with Crippen molar-refractivity contribution in [2.45, 2.75) is 33.5 Å². The Morgan fingerprint density at radius 2 is 2.20 bits per heavy atom. The van der Waals surface area contributed by atoms with E-state index >= 15 is 0 Å². The zero-order chi connectivity index (χ0) is 15.0. The molecule has 1 aromatic carbocycles. The maximum Gasteiger partial charge on any atom is 0.321 e. The van der Waals surface area contributed by atoms with Crippen LogP contribution in [0.2, 0.25) is 0 Å². The van der Waals surface area contributed by atoms with E-state index in [2.05, 4.69) is 5.32 Å². The molecule has 0 atom stereocenters. The fourth-order valence-corrected chi connectivity index (χ4v) is 1.73. The molecule has 0 saturated heterocycles.